The standard InChI is InChI=1S/C25H37N5O4S/c1-30(21-11-12-22(32)29-24(21)33)25(34)23-18(17-31)9-8-10-20(23)27-13-6-4-2-3-5-7-14-28-35-19-15-26-16-19/h8-10,17,19,21,26-28H,2-7,11-16H2,1H3,(H,29,32,33). The number of aldehydes is 1. The van der Waals surface area contributed by atoms with Crippen LogP contribution in [-0.2, 0) is 9.59 Å². The molecule has 35 heavy (non-hydrogen) atoms. The van der Waals surface area contributed by atoms with Crippen LogP contribution in [0.15, 0.2) is 18.2 Å². The van der Waals surface area contributed by atoms with Gasteiger partial charge in [-0.15, -0.1) is 0 Å². The third-order valence-corrected chi connectivity index (χ3v) is 7.49. The first kappa shape index (κ1) is 27.2. The van der Waals surface area contributed by atoms with E-state index in [9.17, 15) is 19.2 Å². The van der Waals surface area contributed by atoms with E-state index in [0.29, 0.717) is 18.5 Å². The monoisotopic (exact) mass is 503 g/mol. The average molecular weight is 504 g/mol. The van der Waals surface area contributed by atoms with E-state index in [1.807, 2.05) is 11.9 Å². The molecule has 9 nitrogen and oxygen atoms in total. The normalized spacial score (nSPS) is 18.0. The maximum atomic E-state index is 13.3. The number of amides is 3. The molecule has 3 amide bonds. The molecule has 4 N–H and O–H groups in total. The Labute approximate surface area is 211 Å². The van der Waals surface area contributed by atoms with Gasteiger partial charge in [0.25, 0.3) is 5.91 Å². The van der Waals surface area contributed by atoms with E-state index < -0.39 is 17.9 Å². The molecule has 1 aromatic rings. The number of hydrogen-bond acceptors (Lipinski definition) is 8. The molecule has 2 heterocycles. The van der Waals surface area contributed by atoms with Crippen LogP contribution < -0.4 is 20.7 Å². The summed E-state index contributed by atoms with van der Waals surface area (Å²) in [6.45, 7) is 3.97. The Bertz CT molecular complexity index is 893. The molecular weight excluding hydrogens is 466 g/mol. The SMILES string of the molecule is CN(C(=O)c1c(C=O)cccc1NCCCCCCCCNSC1CNC1)C1CCC(=O)NC1=O. The van der Waals surface area contributed by atoms with Crippen LogP contribution in [-0.4, -0.2) is 73.4 Å². The Morgan fingerprint density at radius 3 is 2.49 bits per heavy atom. The fourth-order valence-corrected chi connectivity index (χ4v) is 5.10. The van der Waals surface area contributed by atoms with Crippen LogP contribution in [0.4, 0.5) is 5.69 Å². The first-order chi connectivity index (χ1) is 17.0. The van der Waals surface area contributed by atoms with Gasteiger partial charge in [-0.3, -0.25) is 29.2 Å². The predicted octanol–water partition coefficient (Wildman–Crippen LogP) is 2.34. The number of imide groups is 1. The fraction of sp³-hybridized carbons (Fsp3) is 0.600. The quantitative estimate of drug-likeness (QED) is 0.125. The third kappa shape index (κ3) is 8.05. The molecule has 2 fully saturated rings. The van der Waals surface area contributed by atoms with E-state index in [-0.39, 0.29) is 29.9 Å². The van der Waals surface area contributed by atoms with Gasteiger partial charge in [0.2, 0.25) is 11.8 Å². The number of rotatable bonds is 15. The zero-order chi connectivity index (χ0) is 25.0. The van der Waals surface area contributed by atoms with Gasteiger partial charge in [-0.25, -0.2) is 0 Å². The summed E-state index contributed by atoms with van der Waals surface area (Å²) in [5.74, 6) is -1.23. The maximum Gasteiger partial charge on any atom is 0.257 e. The van der Waals surface area contributed by atoms with E-state index in [0.717, 1.165) is 37.7 Å². The van der Waals surface area contributed by atoms with Crippen molar-refractivity contribution < 1.29 is 19.2 Å². The topological polar surface area (TPSA) is 120 Å². The van der Waals surface area contributed by atoms with Gasteiger partial charge in [-0.1, -0.05) is 49.8 Å². The first-order valence-corrected chi connectivity index (χ1v) is 13.4. The minimum absolute atomic E-state index is 0.183. The Morgan fingerprint density at radius 2 is 1.83 bits per heavy atom. The number of carbonyl (C=O) groups excluding carboxylic acids is 4. The van der Waals surface area contributed by atoms with E-state index in [4.69, 9.17) is 0 Å². The third-order valence-electron chi connectivity index (χ3n) is 6.45. The van der Waals surface area contributed by atoms with Crippen LogP contribution in [0, 0.1) is 0 Å². The highest BCUT2D eigenvalue weighted by atomic mass is 32.2. The van der Waals surface area contributed by atoms with Crippen LogP contribution >= 0.6 is 11.9 Å². The van der Waals surface area contributed by atoms with Gasteiger partial charge < -0.3 is 15.5 Å². The molecule has 1 aromatic carbocycles. The summed E-state index contributed by atoms with van der Waals surface area (Å²) >= 11 is 1.85. The number of anilines is 1. The number of unbranched alkanes of at least 4 members (excludes halogenated alkanes) is 5. The second kappa shape index (κ2) is 14.2. The van der Waals surface area contributed by atoms with Crippen molar-refractivity contribution in [3.63, 3.8) is 0 Å². The molecule has 0 saturated carbocycles. The van der Waals surface area contributed by atoms with E-state index >= 15 is 0 Å². The van der Waals surface area contributed by atoms with Crippen LogP contribution in [0.3, 0.4) is 0 Å². The molecule has 2 aliphatic rings. The Kier molecular flexibility index (Phi) is 11.0. The lowest BCUT2D eigenvalue weighted by Crippen LogP contribution is -2.53. The summed E-state index contributed by atoms with van der Waals surface area (Å²) in [4.78, 5) is 49.9. The molecule has 0 bridgehead atoms. The number of likely N-dealkylation sites (N-methyl/N-ethyl adjacent to an activating group) is 1. The zero-order valence-electron chi connectivity index (χ0n) is 20.4. The van der Waals surface area contributed by atoms with E-state index in [1.165, 1.54) is 37.6 Å². The molecule has 0 radical (unpaired) electrons. The number of nitrogens with zero attached hydrogens (tertiary/aromatic N) is 1. The number of piperidine rings is 1. The Morgan fingerprint density at radius 1 is 1.11 bits per heavy atom. The molecule has 192 valence electrons. The number of hydrogen-bond donors (Lipinski definition) is 4. The van der Waals surface area contributed by atoms with Gasteiger partial charge in [-0.2, -0.15) is 0 Å². The Balaban J connectivity index is 1.40. The summed E-state index contributed by atoms with van der Waals surface area (Å²) in [6, 6.07) is 4.38. The van der Waals surface area contributed by atoms with E-state index in [2.05, 4.69) is 20.7 Å². The van der Waals surface area contributed by atoms with Crippen LogP contribution in [0.1, 0.15) is 72.1 Å². The van der Waals surface area contributed by atoms with Crippen LogP contribution in [0.5, 0.6) is 0 Å². The van der Waals surface area contributed by atoms with Crippen molar-refractivity contribution in [3.05, 3.63) is 29.3 Å². The van der Waals surface area contributed by atoms with Crippen molar-refractivity contribution in [2.24, 2.45) is 0 Å². The lowest BCUT2D eigenvalue weighted by molar-refractivity contribution is -0.136. The smallest absolute Gasteiger partial charge is 0.257 e. The van der Waals surface area contributed by atoms with Gasteiger partial charge >= 0.3 is 0 Å². The van der Waals surface area contributed by atoms with Crippen molar-refractivity contribution in [1.29, 1.82) is 0 Å². The average Bonchev–Trinajstić information content (AvgIpc) is 2.82. The van der Waals surface area contributed by atoms with Crippen LogP contribution in [0.2, 0.25) is 0 Å². The molecular formula is C25H37N5O4S. The summed E-state index contributed by atoms with van der Waals surface area (Å²) in [7, 11) is 1.53. The molecule has 0 aromatic heterocycles. The predicted molar refractivity (Wildman–Crippen MR) is 139 cm³/mol. The van der Waals surface area contributed by atoms with Gasteiger partial charge in [0.15, 0.2) is 6.29 Å². The molecule has 3 rings (SSSR count). The van der Waals surface area contributed by atoms with Gasteiger partial charge in [0.05, 0.1) is 5.56 Å². The summed E-state index contributed by atoms with van der Waals surface area (Å²) in [6.07, 6.45) is 7.95. The lowest BCUT2D eigenvalue weighted by atomic mass is 10.0. The minimum atomic E-state index is -0.739. The molecule has 10 heteroatoms. The highest BCUT2D eigenvalue weighted by Crippen LogP contribution is 2.23. The van der Waals surface area contributed by atoms with Gasteiger partial charge in [0.1, 0.15) is 6.04 Å². The molecule has 0 aliphatic carbocycles. The first-order valence-electron chi connectivity index (χ1n) is 12.5. The van der Waals surface area contributed by atoms with Gasteiger partial charge in [-0.05, 0) is 25.3 Å². The van der Waals surface area contributed by atoms with Crippen LogP contribution in [0.25, 0.3) is 0 Å². The zero-order valence-corrected chi connectivity index (χ0v) is 21.3. The Hall–Kier alpha value is -2.43. The molecule has 2 saturated heterocycles. The summed E-state index contributed by atoms with van der Waals surface area (Å²) in [5.41, 5.74) is 1.13. The largest absolute Gasteiger partial charge is 0.384 e. The molecule has 0 spiro atoms. The summed E-state index contributed by atoms with van der Waals surface area (Å²) in [5, 5.41) is 9.58. The highest BCUT2D eigenvalue weighted by Gasteiger charge is 2.34. The molecule has 1 unspecified atom stereocenters. The number of nitrogens with one attached hydrogen (secondary N) is 4. The van der Waals surface area contributed by atoms with Crippen molar-refractivity contribution in [2.75, 3.05) is 38.5 Å². The summed E-state index contributed by atoms with van der Waals surface area (Å²) < 4.78 is 3.45. The number of carbonyl (C=O) groups is 4. The second-order valence-electron chi connectivity index (χ2n) is 9.11. The second-order valence-corrected chi connectivity index (χ2v) is 10.3. The van der Waals surface area contributed by atoms with Crippen molar-refractivity contribution in [1.82, 2.24) is 20.3 Å². The maximum absolute atomic E-state index is 13.3. The van der Waals surface area contributed by atoms with E-state index in [1.54, 1.807) is 18.2 Å². The lowest BCUT2D eigenvalue weighted by Gasteiger charge is -2.30. The fourth-order valence-electron chi connectivity index (χ4n) is 4.20. The molecule has 2 aliphatic heterocycles. The number of benzene rings is 1. The van der Waals surface area contributed by atoms with Gasteiger partial charge in [0, 0.05) is 56.1 Å². The van der Waals surface area contributed by atoms with Crippen molar-refractivity contribution in [2.45, 2.75) is 62.7 Å². The van der Waals surface area contributed by atoms with Crippen molar-refractivity contribution >= 4 is 41.6 Å². The minimum Gasteiger partial charge on any atom is -0.384 e. The highest BCUT2D eigenvalue weighted by molar-refractivity contribution is 7.98. The van der Waals surface area contributed by atoms with Crippen molar-refractivity contribution in [3.8, 4) is 0 Å². The molecule has 1 atom stereocenters.